The number of nitrogens with two attached hydrogens (primary N) is 1. The summed E-state index contributed by atoms with van der Waals surface area (Å²) in [6.45, 7) is 0.212. The molecule has 2 rings (SSSR count). The molecule has 0 spiro atoms. The van der Waals surface area contributed by atoms with Crippen molar-refractivity contribution in [3.63, 3.8) is 0 Å². The Labute approximate surface area is 98.8 Å². The van der Waals surface area contributed by atoms with Crippen molar-refractivity contribution in [2.75, 3.05) is 6.54 Å². The topological polar surface area (TPSA) is 26.0 Å². The Bertz CT molecular complexity index is 393. The van der Waals surface area contributed by atoms with Gasteiger partial charge in [0.1, 0.15) is 5.82 Å². The van der Waals surface area contributed by atoms with Crippen molar-refractivity contribution in [3.8, 4) is 0 Å². The van der Waals surface area contributed by atoms with Gasteiger partial charge in [0.25, 0.3) is 0 Å². The average molecular weight is 243 g/mol. The molecule has 1 nitrogen and oxygen atoms in total. The van der Waals surface area contributed by atoms with Gasteiger partial charge >= 0.3 is 0 Å². The lowest BCUT2D eigenvalue weighted by atomic mass is 9.68. The number of alkyl halides is 2. The molecule has 0 bridgehead atoms. The van der Waals surface area contributed by atoms with E-state index < -0.39 is 11.3 Å². The first-order chi connectivity index (χ1) is 7.99. The Balaban J connectivity index is 2.31. The van der Waals surface area contributed by atoms with Gasteiger partial charge in [-0.15, -0.1) is 0 Å². The van der Waals surface area contributed by atoms with Gasteiger partial charge in [-0.1, -0.05) is 18.2 Å². The van der Waals surface area contributed by atoms with Gasteiger partial charge in [-0.25, -0.2) is 13.2 Å². The fraction of sp³-hybridized carbons (Fsp3) is 0.538. The Hall–Kier alpha value is -1.03. The second kappa shape index (κ2) is 4.33. The number of halogens is 3. The van der Waals surface area contributed by atoms with E-state index >= 15 is 0 Å². The molecule has 0 unspecified atom stereocenters. The van der Waals surface area contributed by atoms with Crippen LogP contribution in [0.1, 0.15) is 31.2 Å². The van der Waals surface area contributed by atoms with Gasteiger partial charge in [0.2, 0.25) is 5.92 Å². The molecule has 0 aromatic heterocycles. The molecule has 0 saturated heterocycles. The van der Waals surface area contributed by atoms with Crippen LogP contribution in [0.2, 0.25) is 0 Å². The van der Waals surface area contributed by atoms with E-state index in [2.05, 4.69) is 0 Å². The summed E-state index contributed by atoms with van der Waals surface area (Å²) in [6.07, 6.45) is 0.0753. The van der Waals surface area contributed by atoms with Crippen LogP contribution in [0.4, 0.5) is 13.2 Å². The Morgan fingerprint density at radius 1 is 1.06 bits per heavy atom. The van der Waals surface area contributed by atoms with Crippen molar-refractivity contribution in [3.05, 3.63) is 35.6 Å². The molecule has 1 aromatic rings. The molecule has 0 amide bonds. The molecular formula is C13H16F3N. The van der Waals surface area contributed by atoms with Crippen LogP contribution in [0.5, 0.6) is 0 Å². The van der Waals surface area contributed by atoms with Crippen LogP contribution in [-0.2, 0) is 5.41 Å². The first kappa shape index (κ1) is 12.4. The van der Waals surface area contributed by atoms with Gasteiger partial charge in [0, 0.05) is 24.8 Å². The molecule has 0 aliphatic heterocycles. The molecule has 2 N–H and O–H groups in total. The fourth-order valence-electron chi connectivity index (χ4n) is 2.57. The second-order valence-corrected chi connectivity index (χ2v) is 4.82. The highest BCUT2D eigenvalue weighted by Gasteiger charge is 2.44. The number of hydrogen-bond acceptors (Lipinski definition) is 1. The van der Waals surface area contributed by atoms with Gasteiger partial charge in [-0.2, -0.15) is 0 Å². The molecule has 94 valence electrons. The Morgan fingerprint density at radius 2 is 1.65 bits per heavy atom. The quantitative estimate of drug-likeness (QED) is 0.847. The molecule has 0 radical (unpaired) electrons. The lowest BCUT2D eigenvalue weighted by molar-refractivity contribution is -0.0513. The van der Waals surface area contributed by atoms with Crippen LogP contribution in [0, 0.1) is 5.82 Å². The van der Waals surface area contributed by atoms with E-state index in [0.717, 1.165) is 0 Å². The van der Waals surface area contributed by atoms with Crippen LogP contribution < -0.4 is 5.73 Å². The van der Waals surface area contributed by atoms with Crippen molar-refractivity contribution in [1.29, 1.82) is 0 Å². The zero-order valence-electron chi connectivity index (χ0n) is 9.56. The normalized spacial score (nSPS) is 22.4. The van der Waals surface area contributed by atoms with Crippen LogP contribution in [0.25, 0.3) is 0 Å². The lowest BCUT2D eigenvalue weighted by Crippen LogP contribution is -2.42. The van der Waals surface area contributed by atoms with Crippen LogP contribution >= 0.6 is 0 Å². The van der Waals surface area contributed by atoms with Crippen molar-refractivity contribution in [2.45, 2.75) is 37.0 Å². The standard InChI is InChI=1S/C13H16F3N/c14-11-4-2-1-3-10(11)12(9-17)5-7-13(15,16)8-6-12/h1-4H,5-9,17H2. The first-order valence-corrected chi connectivity index (χ1v) is 5.82. The molecule has 1 aliphatic rings. The smallest absolute Gasteiger partial charge is 0.248 e. The van der Waals surface area contributed by atoms with Crippen LogP contribution in [0.15, 0.2) is 24.3 Å². The van der Waals surface area contributed by atoms with E-state index in [1.54, 1.807) is 18.2 Å². The minimum Gasteiger partial charge on any atom is -0.330 e. The molecule has 1 aromatic carbocycles. The third-order valence-corrected chi connectivity index (χ3v) is 3.77. The number of rotatable bonds is 2. The maximum absolute atomic E-state index is 13.8. The zero-order chi connectivity index (χ0) is 12.5. The second-order valence-electron chi connectivity index (χ2n) is 4.82. The summed E-state index contributed by atoms with van der Waals surface area (Å²) in [5.74, 6) is -2.97. The minimum absolute atomic E-state index is 0.210. The van der Waals surface area contributed by atoms with Crippen molar-refractivity contribution < 1.29 is 13.2 Å². The zero-order valence-corrected chi connectivity index (χ0v) is 9.56. The first-order valence-electron chi connectivity index (χ1n) is 5.82. The monoisotopic (exact) mass is 243 g/mol. The lowest BCUT2D eigenvalue weighted by Gasteiger charge is -2.39. The summed E-state index contributed by atoms with van der Waals surface area (Å²) in [7, 11) is 0. The van der Waals surface area contributed by atoms with E-state index in [9.17, 15) is 13.2 Å². The molecule has 1 fully saturated rings. The third kappa shape index (κ3) is 2.32. The van der Waals surface area contributed by atoms with Gasteiger partial charge in [0.05, 0.1) is 0 Å². The van der Waals surface area contributed by atoms with Crippen molar-refractivity contribution >= 4 is 0 Å². The van der Waals surface area contributed by atoms with Gasteiger partial charge in [0.15, 0.2) is 0 Å². The van der Waals surface area contributed by atoms with E-state index in [1.165, 1.54) is 6.07 Å². The maximum atomic E-state index is 13.8. The molecule has 1 saturated carbocycles. The molecule has 4 heteroatoms. The largest absolute Gasteiger partial charge is 0.330 e. The SMILES string of the molecule is NCC1(c2ccccc2F)CCC(F)(F)CC1. The van der Waals surface area contributed by atoms with Gasteiger partial charge in [-0.05, 0) is 24.5 Å². The van der Waals surface area contributed by atoms with Crippen molar-refractivity contribution in [2.24, 2.45) is 5.73 Å². The van der Waals surface area contributed by atoms with Crippen molar-refractivity contribution in [1.82, 2.24) is 0 Å². The minimum atomic E-state index is -2.62. The van der Waals surface area contributed by atoms with E-state index in [-0.39, 0.29) is 38.0 Å². The Morgan fingerprint density at radius 3 is 2.18 bits per heavy atom. The summed E-state index contributed by atoms with van der Waals surface area (Å²) in [5, 5.41) is 0. The maximum Gasteiger partial charge on any atom is 0.248 e. The summed E-state index contributed by atoms with van der Waals surface area (Å²) < 4.78 is 40.1. The molecule has 1 aliphatic carbocycles. The summed E-state index contributed by atoms with van der Waals surface area (Å²) in [6, 6.07) is 6.34. The highest BCUT2D eigenvalue weighted by atomic mass is 19.3. The average Bonchev–Trinajstić information content (AvgIpc) is 2.31. The van der Waals surface area contributed by atoms with E-state index in [4.69, 9.17) is 5.73 Å². The van der Waals surface area contributed by atoms with Crippen LogP contribution in [-0.4, -0.2) is 12.5 Å². The van der Waals surface area contributed by atoms with E-state index in [1.807, 2.05) is 0 Å². The summed E-state index contributed by atoms with van der Waals surface area (Å²) in [4.78, 5) is 0. The van der Waals surface area contributed by atoms with Gasteiger partial charge < -0.3 is 5.73 Å². The van der Waals surface area contributed by atoms with E-state index in [0.29, 0.717) is 5.56 Å². The summed E-state index contributed by atoms with van der Waals surface area (Å²) in [5.41, 5.74) is 5.58. The highest BCUT2D eigenvalue weighted by molar-refractivity contribution is 5.28. The predicted octanol–water partition coefficient (Wildman–Crippen LogP) is 3.23. The number of hydrogen-bond donors (Lipinski definition) is 1. The fourth-order valence-corrected chi connectivity index (χ4v) is 2.57. The third-order valence-electron chi connectivity index (χ3n) is 3.77. The van der Waals surface area contributed by atoms with Crippen LogP contribution in [0.3, 0.4) is 0 Å². The summed E-state index contributed by atoms with van der Waals surface area (Å²) >= 11 is 0. The predicted molar refractivity (Wildman–Crippen MR) is 60.5 cm³/mol. The Kier molecular flexibility index (Phi) is 3.17. The molecular weight excluding hydrogens is 227 g/mol. The molecule has 0 heterocycles. The highest BCUT2D eigenvalue weighted by Crippen LogP contribution is 2.45. The molecule has 17 heavy (non-hydrogen) atoms. The number of benzene rings is 1. The molecule has 0 atom stereocenters. The van der Waals surface area contributed by atoms with Gasteiger partial charge in [-0.3, -0.25) is 0 Å².